The molecule has 0 radical (unpaired) electrons. The van der Waals surface area contributed by atoms with Gasteiger partial charge in [0.05, 0.1) is 11.5 Å². The highest BCUT2D eigenvalue weighted by Crippen LogP contribution is 2.40. The Bertz CT molecular complexity index is 1030. The Morgan fingerprint density at radius 3 is 2.16 bits per heavy atom. The predicted molar refractivity (Wildman–Crippen MR) is 113 cm³/mol. The van der Waals surface area contributed by atoms with Gasteiger partial charge in [0.15, 0.2) is 9.84 Å². The van der Waals surface area contributed by atoms with Crippen molar-refractivity contribution < 1.29 is 33.6 Å². The van der Waals surface area contributed by atoms with Gasteiger partial charge in [0.25, 0.3) is 0 Å². The lowest BCUT2D eigenvalue weighted by atomic mass is 9.90. The number of hydrogen-bond donors (Lipinski definition) is 4. The van der Waals surface area contributed by atoms with E-state index in [1.165, 1.54) is 30.5 Å². The first-order valence-electron chi connectivity index (χ1n) is 10.4. The van der Waals surface area contributed by atoms with Crippen LogP contribution in [0.15, 0.2) is 47.4 Å². The third kappa shape index (κ3) is 4.69. The van der Waals surface area contributed by atoms with E-state index in [1.54, 1.807) is 6.07 Å². The summed E-state index contributed by atoms with van der Waals surface area (Å²) in [5, 5.41) is 40.0. The Hall–Kier alpha value is -1.81. The molecular weight excluding hydrogens is 420 g/mol. The van der Waals surface area contributed by atoms with Crippen molar-refractivity contribution in [2.75, 3.05) is 12.9 Å². The van der Waals surface area contributed by atoms with Gasteiger partial charge >= 0.3 is 0 Å². The standard InChI is InChI=1S/C23H28O7S/c1-31(28,29)19-9-8-16(23-22(27)21(26)20(25)18(12-24)30-23)11-17(19)10-13-2-4-14(5-3-13)15-6-7-15/h2-5,8-9,11,15,18,20-27H,6-7,10,12H2,1H3/t18-,20-,21+,22-,23+/m1/s1. The molecule has 0 bridgehead atoms. The van der Waals surface area contributed by atoms with Crippen LogP contribution in [0.3, 0.4) is 0 Å². The topological polar surface area (TPSA) is 124 Å². The molecule has 2 aromatic rings. The maximum Gasteiger partial charge on any atom is 0.175 e. The third-order valence-electron chi connectivity index (χ3n) is 6.13. The average molecular weight is 449 g/mol. The van der Waals surface area contributed by atoms with E-state index >= 15 is 0 Å². The Morgan fingerprint density at radius 2 is 1.58 bits per heavy atom. The highest BCUT2D eigenvalue weighted by Gasteiger charge is 2.44. The van der Waals surface area contributed by atoms with Crippen LogP contribution in [0.25, 0.3) is 0 Å². The van der Waals surface area contributed by atoms with E-state index in [2.05, 4.69) is 12.1 Å². The van der Waals surface area contributed by atoms with Gasteiger partial charge in [-0.3, -0.25) is 0 Å². The van der Waals surface area contributed by atoms with Gasteiger partial charge in [0.1, 0.15) is 30.5 Å². The van der Waals surface area contributed by atoms with Crippen LogP contribution in [0.2, 0.25) is 0 Å². The zero-order chi connectivity index (χ0) is 22.3. The van der Waals surface area contributed by atoms with Crippen LogP contribution in [0, 0.1) is 0 Å². The molecule has 31 heavy (non-hydrogen) atoms. The lowest BCUT2D eigenvalue weighted by Crippen LogP contribution is -2.55. The van der Waals surface area contributed by atoms with Crippen LogP contribution >= 0.6 is 0 Å². The van der Waals surface area contributed by atoms with Crippen LogP contribution in [-0.4, -0.2) is 66.1 Å². The summed E-state index contributed by atoms with van der Waals surface area (Å²) in [4.78, 5) is 0.187. The van der Waals surface area contributed by atoms with Crippen LogP contribution in [0.5, 0.6) is 0 Å². The van der Waals surface area contributed by atoms with E-state index in [0.717, 1.165) is 11.8 Å². The van der Waals surface area contributed by atoms with E-state index in [0.29, 0.717) is 23.5 Å². The highest BCUT2D eigenvalue weighted by atomic mass is 32.2. The first-order valence-corrected chi connectivity index (χ1v) is 12.3. The number of rotatable bonds is 6. The van der Waals surface area contributed by atoms with Gasteiger partial charge in [0, 0.05) is 6.26 Å². The van der Waals surface area contributed by atoms with Gasteiger partial charge in [-0.1, -0.05) is 36.4 Å². The Morgan fingerprint density at radius 1 is 0.935 bits per heavy atom. The molecule has 0 aromatic heterocycles. The van der Waals surface area contributed by atoms with Crippen molar-refractivity contribution in [1.29, 1.82) is 0 Å². The summed E-state index contributed by atoms with van der Waals surface area (Å²) in [5.74, 6) is 0.634. The van der Waals surface area contributed by atoms with Crippen LogP contribution in [0.4, 0.5) is 0 Å². The van der Waals surface area contributed by atoms with E-state index in [9.17, 15) is 28.8 Å². The van der Waals surface area contributed by atoms with Gasteiger partial charge in [0.2, 0.25) is 0 Å². The van der Waals surface area contributed by atoms with Crippen molar-refractivity contribution >= 4 is 9.84 Å². The Labute approximate surface area is 181 Å². The van der Waals surface area contributed by atoms with Gasteiger partial charge in [-0.15, -0.1) is 0 Å². The Kier molecular flexibility index (Phi) is 6.22. The molecular formula is C23H28O7S. The molecule has 0 amide bonds. The van der Waals surface area contributed by atoms with E-state index < -0.39 is 47.0 Å². The minimum absolute atomic E-state index is 0.187. The molecule has 1 aliphatic heterocycles. The maximum absolute atomic E-state index is 12.4. The molecule has 5 atom stereocenters. The number of ether oxygens (including phenoxy) is 1. The number of benzene rings is 2. The van der Waals surface area contributed by atoms with Crippen molar-refractivity contribution in [2.45, 2.75) is 60.6 Å². The van der Waals surface area contributed by atoms with Gasteiger partial charge < -0.3 is 25.2 Å². The summed E-state index contributed by atoms with van der Waals surface area (Å²) >= 11 is 0. The van der Waals surface area contributed by atoms with Gasteiger partial charge in [-0.25, -0.2) is 8.42 Å². The third-order valence-corrected chi connectivity index (χ3v) is 7.33. The van der Waals surface area contributed by atoms with Crippen molar-refractivity contribution in [1.82, 2.24) is 0 Å². The second-order valence-corrected chi connectivity index (χ2v) is 10.6. The summed E-state index contributed by atoms with van der Waals surface area (Å²) in [7, 11) is -3.49. The monoisotopic (exact) mass is 448 g/mol. The largest absolute Gasteiger partial charge is 0.394 e. The van der Waals surface area contributed by atoms with Crippen molar-refractivity contribution in [3.8, 4) is 0 Å². The molecule has 2 aromatic carbocycles. The Balaban J connectivity index is 1.67. The predicted octanol–water partition coefficient (Wildman–Crippen LogP) is 1.07. The quantitative estimate of drug-likeness (QED) is 0.521. The van der Waals surface area contributed by atoms with Crippen LogP contribution in [0.1, 0.15) is 47.1 Å². The summed E-state index contributed by atoms with van der Waals surface area (Å²) in [6, 6.07) is 12.8. The van der Waals surface area contributed by atoms with Crippen molar-refractivity contribution in [2.24, 2.45) is 0 Å². The molecule has 4 N–H and O–H groups in total. The first kappa shape index (κ1) is 22.4. The molecule has 0 spiro atoms. The first-order chi connectivity index (χ1) is 14.7. The lowest BCUT2D eigenvalue weighted by Gasteiger charge is -2.40. The number of hydrogen-bond acceptors (Lipinski definition) is 7. The minimum atomic E-state index is -3.49. The zero-order valence-electron chi connectivity index (χ0n) is 17.3. The molecule has 2 fully saturated rings. The summed E-state index contributed by atoms with van der Waals surface area (Å²) < 4.78 is 30.3. The van der Waals surface area contributed by atoms with Crippen LogP contribution < -0.4 is 0 Å². The second kappa shape index (κ2) is 8.61. The second-order valence-electron chi connectivity index (χ2n) is 8.58. The maximum atomic E-state index is 12.4. The van der Waals surface area contributed by atoms with Crippen molar-refractivity contribution in [3.63, 3.8) is 0 Å². The average Bonchev–Trinajstić information content (AvgIpc) is 3.57. The molecule has 1 heterocycles. The molecule has 168 valence electrons. The number of aliphatic hydroxyl groups excluding tert-OH is 4. The molecule has 2 aliphatic rings. The molecule has 0 unspecified atom stereocenters. The molecule has 1 saturated heterocycles. The van der Waals surface area contributed by atoms with E-state index in [4.69, 9.17) is 4.74 Å². The minimum Gasteiger partial charge on any atom is -0.394 e. The normalized spacial score (nSPS) is 29.1. The van der Waals surface area contributed by atoms with Gasteiger partial charge in [-0.05, 0) is 53.5 Å². The summed E-state index contributed by atoms with van der Waals surface area (Å²) in [6.07, 6.45) is -2.48. The smallest absolute Gasteiger partial charge is 0.175 e. The van der Waals surface area contributed by atoms with Crippen LogP contribution in [-0.2, 0) is 21.0 Å². The summed E-state index contributed by atoms with van der Waals surface area (Å²) in [6.45, 7) is -0.525. The fourth-order valence-corrected chi connectivity index (χ4v) is 5.12. The fourth-order valence-electron chi connectivity index (χ4n) is 4.20. The van der Waals surface area contributed by atoms with Crippen molar-refractivity contribution in [3.05, 3.63) is 64.7 Å². The van der Waals surface area contributed by atoms with Gasteiger partial charge in [-0.2, -0.15) is 0 Å². The lowest BCUT2D eigenvalue weighted by molar-refractivity contribution is -0.231. The molecule has 1 aliphatic carbocycles. The molecule has 7 nitrogen and oxygen atoms in total. The summed E-state index contributed by atoms with van der Waals surface area (Å²) in [5.41, 5.74) is 3.27. The SMILES string of the molecule is CS(=O)(=O)c1ccc([C@@H]2O[C@H](CO)[C@@H](O)[C@H](O)[C@H]2O)cc1Cc1ccc(C2CC2)cc1. The molecule has 8 heteroatoms. The number of aliphatic hydroxyl groups is 4. The molecule has 1 saturated carbocycles. The fraction of sp³-hybridized carbons (Fsp3) is 0.478. The molecule has 4 rings (SSSR count). The zero-order valence-corrected chi connectivity index (χ0v) is 18.1. The van der Waals surface area contributed by atoms with E-state index in [-0.39, 0.29) is 4.90 Å². The number of sulfone groups is 1. The highest BCUT2D eigenvalue weighted by molar-refractivity contribution is 7.90. The van der Waals surface area contributed by atoms with E-state index in [1.807, 2.05) is 12.1 Å².